The number of thioether (sulfide) groups is 1. The van der Waals surface area contributed by atoms with E-state index in [9.17, 15) is 13.2 Å². The number of primary sulfonamides is 1. The van der Waals surface area contributed by atoms with E-state index in [1.807, 2.05) is 48.9 Å². The Bertz CT molecular complexity index is 1250. The standard InChI is InChI=1S/C25H31N3O4S2/c1-5-6-11-22-27-24(33-4)23(25(29)32-17(2)3)28(22)16-18-12-14-19(15-13-18)20-9-7-8-10-21(20)34(26,30)31/h7-10,12-15,17H,5-6,11,16H2,1-4H3,(H2,26,30,31). The number of hydrogen-bond acceptors (Lipinski definition) is 6. The van der Waals surface area contributed by atoms with Crippen LogP contribution < -0.4 is 5.14 Å². The molecule has 3 aromatic rings. The second-order valence-corrected chi connectivity index (χ2v) is 10.6. The third-order valence-corrected chi connectivity index (χ3v) is 6.94. The van der Waals surface area contributed by atoms with Gasteiger partial charge in [-0.25, -0.2) is 23.3 Å². The van der Waals surface area contributed by atoms with Crippen LogP contribution in [0.2, 0.25) is 0 Å². The smallest absolute Gasteiger partial charge is 0.358 e. The molecule has 0 aliphatic heterocycles. The molecule has 7 nitrogen and oxygen atoms in total. The van der Waals surface area contributed by atoms with Gasteiger partial charge in [-0.2, -0.15) is 0 Å². The molecule has 0 bridgehead atoms. The molecule has 0 aliphatic rings. The van der Waals surface area contributed by atoms with Gasteiger partial charge in [-0.3, -0.25) is 0 Å². The number of aryl methyl sites for hydroxylation is 1. The first-order valence-corrected chi connectivity index (χ1v) is 14.0. The summed E-state index contributed by atoms with van der Waals surface area (Å²) in [6, 6.07) is 14.2. The van der Waals surface area contributed by atoms with Gasteiger partial charge in [-0.1, -0.05) is 55.8 Å². The molecular weight excluding hydrogens is 470 g/mol. The maximum atomic E-state index is 12.9. The van der Waals surface area contributed by atoms with Gasteiger partial charge in [0, 0.05) is 18.5 Å². The summed E-state index contributed by atoms with van der Waals surface area (Å²) >= 11 is 1.43. The summed E-state index contributed by atoms with van der Waals surface area (Å²) in [6.07, 6.45) is 4.42. The number of carbonyl (C=O) groups is 1. The number of nitrogens with zero attached hydrogens (tertiary/aromatic N) is 2. The maximum Gasteiger partial charge on any atom is 0.358 e. The van der Waals surface area contributed by atoms with Crippen molar-refractivity contribution < 1.29 is 17.9 Å². The summed E-state index contributed by atoms with van der Waals surface area (Å²) < 4.78 is 31.4. The lowest BCUT2D eigenvalue weighted by atomic mass is 10.0. The summed E-state index contributed by atoms with van der Waals surface area (Å²) in [4.78, 5) is 17.8. The average Bonchev–Trinajstić information content (AvgIpc) is 3.14. The number of hydrogen-bond donors (Lipinski definition) is 1. The van der Waals surface area contributed by atoms with Crippen LogP contribution in [0.5, 0.6) is 0 Å². The third kappa shape index (κ3) is 6.08. The average molecular weight is 502 g/mol. The largest absolute Gasteiger partial charge is 0.458 e. The summed E-state index contributed by atoms with van der Waals surface area (Å²) in [5.74, 6) is 0.471. The van der Waals surface area contributed by atoms with Gasteiger partial charge in [0.05, 0.1) is 11.0 Å². The molecular formula is C25H31N3O4S2. The number of sulfonamides is 1. The first-order chi connectivity index (χ1) is 16.2. The second kappa shape index (κ2) is 11.2. The highest BCUT2D eigenvalue weighted by Gasteiger charge is 2.25. The van der Waals surface area contributed by atoms with Crippen LogP contribution in [-0.2, 0) is 27.7 Å². The van der Waals surface area contributed by atoms with E-state index in [0.29, 0.717) is 22.8 Å². The highest BCUT2D eigenvalue weighted by Crippen LogP contribution is 2.28. The Morgan fingerprint density at radius 1 is 1.15 bits per heavy atom. The number of ether oxygens (including phenoxy) is 1. The van der Waals surface area contributed by atoms with E-state index in [1.165, 1.54) is 17.8 Å². The third-order valence-electron chi connectivity index (χ3n) is 5.30. The Kier molecular flexibility index (Phi) is 8.57. The number of rotatable bonds is 10. The molecule has 0 fully saturated rings. The minimum Gasteiger partial charge on any atom is -0.458 e. The van der Waals surface area contributed by atoms with E-state index in [1.54, 1.807) is 18.2 Å². The van der Waals surface area contributed by atoms with Gasteiger partial charge >= 0.3 is 5.97 Å². The molecule has 0 amide bonds. The topological polar surface area (TPSA) is 104 Å². The van der Waals surface area contributed by atoms with Gasteiger partial charge < -0.3 is 9.30 Å². The van der Waals surface area contributed by atoms with Crippen molar-refractivity contribution in [1.29, 1.82) is 0 Å². The van der Waals surface area contributed by atoms with Gasteiger partial charge in [0.15, 0.2) is 5.69 Å². The molecule has 2 aromatic carbocycles. The van der Waals surface area contributed by atoms with Crippen LogP contribution in [0, 0.1) is 0 Å². The zero-order chi connectivity index (χ0) is 24.9. The fraction of sp³-hybridized carbons (Fsp3) is 0.360. The molecule has 1 aromatic heterocycles. The van der Waals surface area contributed by atoms with E-state index in [0.717, 1.165) is 36.2 Å². The Balaban J connectivity index is 1.99. The normalized spacial score (nSPS) is 11.7. The van der Waals surface area contributed by atoms with E-state index in [-0.39, 0.29) is 17.0 Å². The van der Waals surface area contributed by atoms with Crippen LogP contribution in [-0.4, -0.2) is 36.3 Å². The second-order valence-electron chi connectivity index (χ2n) is 8.27. The predicted octanol–water partition coefficient (Wildman–Crippen LogP) is 4.88. The first kappa shape index (κ1) is 26.0. The monoisotopic (exact) mass is 501 g/mol. The summed E-state index contributed by atoms with van der Waals surface area (Å²) in [5, 5.41) is 6.06. The van der Waals surface area contributed by atoms with Crippen LogP contribution >= 0.6 is 11.8 Å². The number of imidazole rings is 1. The van der Waals surface area contributed by atoms with Gasteiger partial charge in [-0.05, 0) is 43.7 Å². The Hall–Kier alpha value is -2.62. The quantitative estimate of drug-likeness (QED) is 0.314. The predicted molar refractivity (Wildman–Crippen MR) is 136 cm³/mol. The van der Waals surface area contributed by atoms with E-state index < -0.39 is 10.0 Å². The van der Waals surface area contributed by atoms with Crippen LogP contribution in [0.3, 0.4) is 0 Å². The number of carbonyl (C=O) groups excluding carboxylic acids is 1. The SMILES string of the molecule is CCCCc1nc(SC)c(C(=O)OC(C)C)n1Cc1ccc(-c2ccccc2S(N)(=O)=O)cc1. The lowest BCUT2D eigenvalue weighted by Gasteiger charge is -2.14. The zero-order valence-electron chi connectivity index (χ0n) is 19.9. The minimum absolute atomic E-state index is 0.0857. The number of benzene rings is 2. The lowest BCUT2D eigenvalue weighted by molar-refractivity contribution is 0.0360. The highest BCUT2D eigenvalue weighted by atomic mass is 32.2. The van der Waals surface area contributed by atoms with Crippen molar-refractivity contribution >= 4 is 27.8 Å². The maximum absolute atomic E-state index is 12.9. The van der Waals surface area contributed by atoms with Crippen molar-refractivity contribution in [1.82, 2.24) is 9.55 Å². The van der Waals surface area contributed by atoms with Gasteiger partial charge in [-0.15, -0.1) is 11.8 Å². The molecule has 34 heavy (non-hydrogen) atoms. The zero-order valence-corrected chi connectivity index (χ0v) is 21.6. The van der Waals surface area contributed by atoms with Crippen molar-refractivity contribution in [3.05, 3.63) is 65.6 Å². The van der Waals surface area contributed by atoms with Crippen molar-refractivity contribution in [2.24, 2.45) is 5.14 Å². The molecule has 0 unspecified atom stereocenters. The molecule has 2 N–H and O–H groups in total. The molecule has 0 atom stereocenters. The molecule has 0 aliphatic carbocycles. The summed E-state index contributed by atoms with van der Waals surface area (Å²) in [5.41, 5.74) is 2.72. The van der Waals surface area contributed by atoms with E-state index in [2.05, 4.69) is 6.92 Å². The summed E-state index contributed by atoms with van der Waals surface area (Å²) in [6.45, 7) is 6.22. The number of aromatic nitrogens is 2. The number of unbranched alkanes of at least 4 members (excludes halogenated alkanes) is 1. The lowest BCUT2D eigenvalue weighted by Crippen LogP contribution is -2.18. The molecule has 0 spiro atoms. The van der Waals surface area contributed by atoms with Crippen molar-refractivity contribution in [2.75, 3.05) is 6.26 Å². The van der Waals surface area contributed by atoms with Crippen molar-refractivity contribution in [3.8, 4) is 11.1 Å². The molecule has 0 saturated carbocycles. The van der Waals surface area contributed by atoms with Gasteiger partial charge in [0.2, 0.25) is 10.0 Å². The van der Waals surface area contributed by atoms with E-state index in [4.69, 9.17) is 14.9 Å². The molecule has 0 saturated heterocycles. The van der Waals surface area contributed by atoms with Crippen molar-refractivity contribution in [2.45, 2.75) is 62.6 Å². The first-order valence-electron chi connectivity index (χ1n) is 11.2. The number of nitrogens with two attached hydrogens (primary N) is 1. The minimum atomic E-state index is -3.85. The Morgan fingerprint density at radius 3 is 2.41 bits per heavy atom. The fourth-order valence-corrected chi connectivity index (χ4v) is 5.05. The van der Waals surface area contributed by atoms with E-state index >= 15 is 0 Å². The van der Waals surface area contributed by atoms with Gasteiger partial charge in [0.1, 0.15) is 10.9 Å². The van der Waals surface area contributed by atoms with Crippen LogP contribution in [0.25, 0.3) is 11.1 Å². The van der Waals surface area contributed by atoms with Crippen molar-refractivity contribution in [3.63, 3.8) is 0 Å². The van der Waals surface area contributed by atoms with Crippen LogP contribution in [0.15, 0.2) is 58.5 Å². The molecule has 9 heteroatoms. The van der Waals surface area contributed by atoms with Gasteiger partial charge in [0.25, 0.3) is 0 Å². The molecule has 182 valence electrons. The van der Waals surface area contributed by atoms with Crippen LogP contribution in [0.4, 0.5) is 0 Å². The highest BCUT2D eigenvalue weighted by molar-refractivity contribution is 7.98. The fourth-order valence-electron chi connectivity index (χ4n) is 3.71. The number of esters is 1. The summed E-state index contributed by atoms with van der Waals surface area (Å²) in [7, 11) is -3.85. The van der Waals surface area contributed by atoms with Crippen LogP contribution in [0.1, 0.15) is 55.5 Å². The Morgan fingerprint density at radius 2 is 1.82 bits per heavy atom. The molecule has 1 heterocycles. The molecule has 0 radical (unpaired) electrons. The molecule has 3 rings (SSSR count). The Labute approximate surface area is 205 Å².